The van der Waals surface area contributed by atoms with Crippen LogP contribution in [-0.2, 0) is 19.3 Å². The number of aromatic nitrogens is 1. The van der Waals surface area contributed by atoms with Gasteiger partial charge in [0.05, 0.1) is 5.56 Å². The monoisotopic (exact) mass is 385 g/mol. The van der Waals surface area contributed by atoms with Gasteiger partial charge in [-0.25, -0.2) is 0 Å². The van der Waals surface area contributed by atoms with Gasteiger partial charge in [-0.15, -0.1) is 0 Å². The zero-order valence-corrected chi connectivity index (χ0v) is 15.3. The van der Waals surface area contributed by atoms with Crippen molar-refractivity contribution in [1.29, 1.82) is 0 Å². The maximum absolute atomic E-state index is 12.6. The highest BCUT2D eigenvalue weighted by Crippen LogP contribution is 2.29. The van der Waals surface area contributed by atoms with Gasteiger partial charge in [0.2, 0.25) is 12.3 Å². The quantitative estimate of drug-likeness (QED) is 0.489. The number of nitrogens with zero attached hydrogens (tertiary/aromatic N) is 1. The highest BCUT2D eigenvalue weighted by atomic mass is 19.4. The Labute approximate surface area is 161 Å². The predicted molar refractivity (Wildman–Crippen MR) is 101 cm³/mol. The van der Waals surface area contributed by atoms with Crippen LogP contribution in [0.25, 0.3) is 0 Å². The summed E-state index contributed by atoms with van der Waals surface area (Å²) in [6.45, 7) is 2.64. The van der Waals surface area contributed by atoms with E-state index in [0.717, 1.165) is 29.1 Å². The Hall–Kier alpha value is -3.15. The van der Waals surface area contributed by atoms with Gasteiger partial charge in [0.25, 0.3) is 0 Å². The normalized spacial score (nSPS) is 11.3. The van der Waals surface area contributed by atoms with Crippen LogP contribution in [0.2, 0.25) is 0 Å². The van der Waals surface area contributed by atoms with E-state index in [4.69, 9.17) is 0 Å². The van der Waals surface area contributed by atoms with E-state index in [-0.39, 0.29) is 17.9 Å². The van der Waals surface area contributed by atoms with Crippen molar-refractivity contribution in [3.05, 3.63) is 95.3 Å². The van der Waals surface area contributed by atoms with Crippen molar-refractivity contribution in [2.45, 2.75) is 26.2 Å². The van der Waals surface area contributed by atoms with Crippen LogP contribution in [0, 0.1) is 6.92 Å². The third-order valence-corrected chi connectivity index (χ3v) is 4.44. The first kappa shape index (κ1) is 19.6. The number of nitrogens with one attached hydrogen (secondary N) is 1. The standard InChI is InChI=1S/C22H19F3N2O/c1-16-13-20(26-14-17-5-3-2-4-6-17)11-12-27(16)15-21(28)18-7-9-19(10-8-18)22(23,24)25/h2-13H,14-15H2,1H3/p+1. The van der Waals surface area contributed by atoms with Crippen molar-refractivity contribution in [3.63, 3.8) is 0 Å². The largest absolute Gasteiger partial charge is 0.416 e. The number of carbonyl (C=O) groups excluding carboxylic acids is 1. The molecular formula is C22H20F3N2O+. The second-order valence-electron chi connectivity index (χ2n) is 6.52. The molecule has 0 radical (unpaired) electrons. The third kappa shape index (κ3) is 4.97. The summed E-state index contributed by atoms with van der Waals surface area (Å²) >= 11 is 0. The van der Waals surface area contributed by atoms with Gasteiger partial charge < -0.3 is 5.32 Å². The molecule has 0 aliphatic rings. The molecule has 0 atom stereocenters. The fourth-order valence-electron chi connectivity index (χ4n) is 2.82. The maximum atomic E-state index is 12.6. The first-order valence-electron chi connectivity index (χ1n) is 8.81. The molecular weight excluding hydrogens is 365 g/mol. The van der Waals surface area contributed by atoms with E-state index in [1.165, 1.54) is 12.1 Å². The Bertz CT molecular complexity index is 952. The number of hydrogen-bond donors (Lipinski definition) is 1. The Morgan fingerprint density at radius 3 is 2.29 bits per heavy atom. The number of rotatable bonds is 6. The van der Waals surface area contributed by atoms with Crippen molar-refractivity contribution in [3.8, 4) is 0 Å². The first-order chi connectivity index (χ1) is 13.3. The number of aryl methyl sites for hydroxylation is 1. The first-order valence-corrected chi connectivity index (χ1v) is 8.81. The molecule has 0 aliphatic heterocycles. The van der Waals surface area contributed by atoms with Crippen LogP contribution in [0.1, 0.15) is 27.2 Å². The van der Waals surface area contributed by atoms with E-state index >= 15 is 0 Å². The zero-order chi connectivity index (χ0) is 20.1. The van der Waals surface area contributed by atoms with Crippen LogP contribution in [0.15, 0.2) is 72.9 Å². The number of alkyl halides is 3. The summed E-state index contributed by atoms with van der Waals surface area (Å²) in [5, 5.41) is 3.33. The van der Waals surface area contributed by atoms with Gasteiger partial charge in [-0.2, -0.15) is 17.7 Å². The van der Waals surface area contributed by atoms with Crippen molar-refractivity contribution in [2.24, 2.45) is 0 Å². The van der Waals surface area contributed by atoms with E-state index in [9.17, 15) is 18.0 Å². The van der Waals surface area contributed by atoms with Crippen LogP contribution in [0.4, 0.5) is 18.9 Å². The molecule has 0 unspecified atom stereocenters. The van der Waals surface area contributed by atoms with E-state index in [1.807, 2.05) is 49.4 Å². The predicted octanol–water partition coefficient (Wildman–Crippen LogP) is 4.80. The smallest absolute Gasteiger partial charge is 0.381 e. The van der Waals surface area contributed by atoms with Gasteiger partial charge in [0.15, 0.2) is 11.9 Å². The number of hydrogen-bond acceptors (Lipinski definition) is 2. The Kier molecular flexibility index (Phi) is 5.78. The number of anilines is 1. The van der Waals surface area contributed by atoms with Gasteiger partial charge in [0.1, 0.15) is 0 Å². The van der Waals surface area contributed by atoms with Crippen LogP contribution in [0.5, 0.6) is 0 Å². The van der Waals surface area contributed by atoms with Gasteiger partial charge in [-0.3, -0.25) is 4.79 Å². The van der Waals surface area contributed by atoms with Crippen LogP contribution in [0.3, 0.4) is 0 Å². The van der Waals surface area contributed by atoms with Crippen molar-refractivity contribution < 1.29 is 22.5 Å². The minimum absolute atomic E-state index is 0.0656. The molecule has 0 saturated carbocycles. The molecule has 0 saturated heterocycles. The van der Waals surface area contributed by atoms with Crippen molar-refractivity contribution in [2.75, 3.05) is 5.32 Å². The Morgan fingerprint density at radius 2 is 1.68 bits per heavy atom. The number of pyridine rings is 1. The molecule has 28 heavy (non-hydrogen) atoms. The molecule has 1 N–H and O–H groups in total. The molecule has 3 rings (SSSR count). The molecule has 0 spiro atoms. The SMILES string of the molecule is Cc1cc(NCc2ccccc2)cc[n+]1CC(=O)c1ccc(C(F)(F)F)cc1. The van der Waals surface area contributed by atoms with Gasteiger partial charge >= 0.3 is 6.18 Å². The Balaban J connectivity index is 1.64. The zero-order valence-electron chi connectivity index (χ0n) is 15.3. The molecule has 2 aromatic carbocycles. The summed E-state index contributed by atoms with van der Waals surface area (Å²) in [6.07, 6.45) is -2.61. The topological polar surface area (TPSA) is 33.0 Å². The average Bonchev–Trinajstić information content (AvgIpc) is 2.68. The fraction of sp³-hybridized carbons (Fsp3) is 0.182. The summed E-state index contributed by atoms with van der Waals surface area (Å²) in [5.74, 6) is -0.244. The van der Waals surface area contributed by atoms with Crippen LogP contribution >= 0.6 is 0 Å². The molecule has 1 aromatic heterocycles. The van der Waals surface area contributed by atoms with Gasteiger partial charge in [0, 0.05) is 36.9 Å². The highest BCUT2D eigenvalue weighted by Gasteiger charge is 2.30. The molecule has 6 heteroatoms. The lowest BCUT2D eigenvalue weighted by atomic mass is 10.1. The number of benzene rings is 2. The lowest BCUT2D eigenvalue weighted by Gasteiger charge is -2.08. The lowest BCUT2D eigenvalue weighted by molar-refractivity contribution is -0.689. The van der Waals surface area contributed by atoms with Crippen LogP contribution in [-0.4, -0.2) is 5.78 Å². The summed E-state index contributed by atoms with van der Waals surface area (Å²) in [5.41, 5.74) is 2.46. The number of Topliss-reactive ketones (excluding diaryl/α,β-unsaturated/α-hetero) is 1. The molecule has 144 valence electrons. The summed E-state index contributed by atoms with van der Waals surface area (Å²) in [4.78, 5) is 12.4. The van der Waals surface area contributed by atoms with Crippen molar-refractivity contribution >= 4 is 11.5 Å². The summed E-state index contributed by atoms with van der Waals surface area (Å²) < 4.78 is 39.7. The second-order valence-corrected chi connectivity index (χ2v) is 6.52. The van der Waals surface area contributed by atoms with Crippen molar-refractivity contribution in [1.82, 2.24) is 0 Å². The molecule has 0 bridgehead atoms. The van der Waals surface area contributed by atoms with Gasteiger partial charge in [-0.05, 0) is 17.7 Å². The molecule has 0 aliphatic carbocycles. The van der Waals surface area contributed by atoms with E-state index in [2.05, 4.69) is 5.32 Å². The summed E-state index contributed by atoms with van der Waals surface area (Å²) in [7, 11) is 0. The fourth-order valence-corrected chi connectivity index (χ4v) is 2.82. The summed E-state index contributed by atoms with van der Waals surface area (Å²) in [6, 6.07) is 18.1. The number of ketones is 1. The highest BCUT2D eigenvalue weighted by molar-refractivity contribution is 5.95. The van der Waals surface area contributed by atoms with E-state index in [0.29, 0.717) is 6.54 Å². The molecule has 3 aromatic rings. The second kappa shape index (κ2) is 8.25. The molecule has 0 fully saturated rings. The Morgan fingerprint density at radius 1 is 1.00 bits per heavy atom. The lowest BCUT2D eigenvalue weighted by Crippen LogP contribution is -2.40. The van der Waals surface area contributed by atoms with Crippen LogP contribution < -0.4 is 9.88 Å². The number of halogens is 3. The average molecular weight is 385 g/mol. The van der Waals surface area contributed by atoms with Gasteiger partial charge in [-0.1, -0.05) is 42.5 Å². The maximum Gasteiger partial charge on any atom is 0.416 e. The minimum atomic E-state index is -4.41. The van der Waals surface area contributed by atoms with E-state index < -0.39 is 11.7 Å². The molecule has 3 nitrogen and oxygen atoms in total. The minimum Gasteiger partial charge on any atom is -0.381 e. The molecule has 1 heterocycles. The third-order valence-electron chi connectivity index (χ3n) is 4.44. The van der Waals surface area contributed by atoms with E-state index in [1.54, 1.807) is 10.8 Å². The molecule has 0 amide bonds. The number of carbonyl (C=O) groups is 1.